The molecule has 0 aliphatic carbocycles. The second kappa shape index (κ2) is 6.72. The van der Waals surface area contributed by atoms with Crippen molar-refractivity contribution in [2.75, 3.05) is 14.1 Å². The SMILES string of the molecule is CN(C)Cc1ccc(C([Si](C)(C)C)[Si](C)(C)C)cc1C(F)(F)F. The molecule has 0 N–H and O–H groups in total. The third kappa shape index (κ3) is 5.46. The molecule has 1 nitrogen and oxygen atoms in total. The van der Waals surface area contributed by atoms with Crippen LogP contribution in [0.2, 0.25) is 39.3 Å². The van der Waals surface area contributed by atoms with Gasteiger partial charge >= 0.3 is 6.18 Å². The third-order valence-corrected chi connectivity index (χ3v) is 13.3. The van der Waals surface area contributed by atoms with E-state index in [1.165, 1.54) is 6.07 Å². The summed E-state index contributed by atoms with van der Waals surface area (Å²) >= 11 is 0. The van der Waals surface area contributed by atoms with Gasteiger partial charge in [-0.3, -0.25) is 0 Å². The fraction of sp³-hybridized carbons (Fsp3) is 0.647. The summed E-state index contributed by atoms with van der Waals surface area (Å²) in [6.45, 7) is 13.9. The van der Waals surface area contributed by atoms with Crippen LogP contribution in [0.5, 0.6) is 0 Å². The minimum atomic E-state index is -4.30. The highest BCUT2D eigenvalue weighted by Gasteiger charge is 2.40. The number of rotatable bonds is 5. The van der Waals surface area contributed by atoms with Crippen LogP contribution in [0.1, 0.15) is 21.9 Å². The quantitative estimate of drug-likeness (QED) is 0.617. The Hall–Kier alpha value is -0.596. The Labute approximate surface area is 140 Å². The van der Waals surface area contributed by atoms with Crippen molar-refractivity contribution < 1.29 is 13.2 Å². The smallest absolute Gasteiger partial charge is 0.305 e. The van der Waals surface area contributed by atoms with Crippen LogP contribution in [0.15, 0.2) is 18.2 Å². The number of alkyl halides is 3. The number of benzene rings is 1. The van der Waals surface area contributed by atoms with Crippen molar-refractivity contribution in [2.45, 2.75) is 57.2 Å². The van der Waals surface area contributed by atoms with Crippen LogP contribution in [0.3, 0.4) is 0 Å². The molecule has 0 fully saturated rings. The minimum Gasteiger partial charge on any atom is -0.305 e. The first-order chi connectivity index (χ1) is 10.1. The molecule has 0 bridgehead atoms. The number of hydrogen-bond donors (Lipinski definition) is 0. The maximum Gasteiger partial charge on any atom is 0.416 e. The Morgan fingerprint density at radius 1 is 0.957 bits per heavy atom. The summed E-state index contributed by atoms with van der Waals surface area (Å²) in [5.74, 6) is 0. The van der Waals surface area contributed by atoms with E-state index < -0.39 is 27.9 Å². The number of hydrogen-bond acceptors (Lipinski definition) is 1. The van der Waals surface area contributed by atoms with Crippen LogP contribution >= 0.6 is 0 Å². The lowest BCUT2D eigenvalue weighted by atomic mass is 10.0. The van der Waals surface area contributed by atoms with Crippen molar-refractivity contribution in [3.05, 3.63) is 34.9 Å². The van der Waals surface area contributed by atoms with E-state index in [1.54, 1.807) is 25.1 Å². The van der Waals surface area contributed by atoms with Gasteiger partial charge in [0.1, 0.15) is 0 Å². The summed E-state index contributed by atoms with van der Waals surface area (Å²) < 4.78 is 40.6. The molecule has 0 aliphatic rings. The minimum absolute atomic E-state index is 0.305. The molecule has 0 heterocycles. The highest BCUT2D eigenvalue weighted by molar-refractivity contribution is 6.96. The van der Waals surface area contributed by atoms with Crippen molar-refractivity contribution >= 4 is 16.1 Å². The zero-order valence-electron chi connectivity index (χ0n) is 15.6. The van der Waals surface area contributed by atoms with E-state index in [0.29, 0.717) is 17.3 Å². The first-order valence-corrected chi connectivity index (χ1v) is 15.1. The van der Waals surface area contributed by atoms with Gasteiger partial charge in [0.2, 0.25) is 0 Å². The van der Waals surface area contributed by atoms with Crippen molar-refractivity contribution in [3.63, 3.8) is 0 Å². The summed E-state index contributed by atoms with van der Waals surface area (Å²) in [4.78, 5) is 1.78. The summed E-state index contributed by atoms with van der Waals surface area (Å²) in [5, 5.41) is 0.310. The van der Waals surface area contributed by atoms with Crippen LogP contribution in [0.4, 0.5) is 13.2 Å². The van der Waals surface area contributed by atoms with E-state index in [0.717, 1.165) is 5.56 Å². The second-order valence-electron chi connectivity index (χ2n) is 8.82. The second-order valence-corrected chi connectivity index (χ2v) is 20.0. The topological polar surface area (TPSA) is 3.24 Å². The molecule has 0 atom stereocenters. The molecule has 0 radical (unpaired) electrons. The van der Waals surface area contributed by atoms with Crippen molar-refractivity contribution in [1.82, 2.24) is 4.90 Å². The fourth-order valence-electron chi connectivity index (χ4n) is 3.82. The van der Waals surface area contributed by atoms with Crippen molar-refractivity contribution in [2.24, 2.45) is 0 Å². The van der Waals surface area contributed by atoms with Crippen LogP contribution in [0, 0.1) is 0 Å². The molecule has 132 valence electrons. The molecule has 0 spiro atoms. The monoisotopic (exact) mass is 361 g/mol. The van der Waals surface area contributed by atoms with Gasteiger partial charge in [-0.25, -0.2) is 0 Å². The Bertz CT molecular complexity index is 526. The van der Waals surface area contributed by atoms with Crippen LogP contribution in [-0.4, -0.2) is 35.1 Å². The Balaban J connectivity index is 3.49. The highest BCUT2D eigenvalue weighted by Crippen LogP contribution is 2.40. The summed E-state index contributed by atoms with van der Waals surface area (Å²) in [5.41, 5.74) is 0.777. The van der Waals surface area contributed by atoms with Gasteiger partial charge in [0.15, 0.2) is 0 Å². The molecule has 1 aromatic rings. The Morgan fingerprint density at radius 2 is 1.43 bits per heavy atom. The average Bonchev–Trinajstić information content (AvgIpc) is 2.25. The van der Waals surface area contributed by atoms with E-state index in [4.69, 9.17) is 0 Å². The third-order valence-electron chi connectivity index (χ3n) is 3.99. The number of halogens is 3. The molecule has 23 heavy (non-hydrogen) atoms. The molecular weight excluding hydrogens is 331 g/mol. The van der Waals surface area contributed by atoms with E-state index in [1.807, 2.05) is 6.07 Å². The van der Waals surface area contributed by atoms with Crippen molar-refractivity contribution in [3.8, 4) is 0 Å². The van der Waals surface area contributed by atoms with E-state index >= 15 is 0 Å². The first kappa shape index (κ1) is 20.4. The normalized spacial score (nSPS) is 14.0. The van der Waals surface area contributed by atoms with Gasteiger partial charge in [-0.2, -0.15) is 13.2 Å². The predicted octanol–water partition coefficient (Wildman–Crippen LogP) is 5.61. The van der Waals surface area contributed by atoms with E-state index in [-0.39, 0.29) is 0 Å². The molecule has 0 aliphatic heterocycles. The molecule has 0 saturated heterocycles. The molecule has 0 saturated carbocycles. The molecule has 0 amide bonds. The number of nitrogens with zero attached hydrogens (tertiary/aromatic N) is 1. The van der Waals surface area contributed by atoms with Gasteiger partial charge in [-0.05, 0) is 36.5 Å². The molecule has 1 aromatic carbocycles. The molecule has 6 heteroatoms. The molecule has 0 aromatic heterocycles. The van der Waals surface area contributed by atoms with Crippen LogP contribution in [0.25, 0.3) is 0 Å². The van der Waals surface area contributed by atoms with Gasteiger partial charge < -0.3 is 4.90 Å². The predicted molar refractivity (Wildman–Crippen MR) is 98.3 cm³/mol. The van der Waals surface area contributed by atoms with E-state index in [9.17, 15) is 13.2 Å². The largest absolute Gasteiger partial charge is 0.416 e. The molecular formula is C17H30F3NSi2. The lowest BCUT2D eigenvalue weighted by molar-refractivity contribution is -0.138. The van der Waals surface area contributed by atoms with Crippen molar-refractivity contribution in [1.29, 1.82) is 0 Å². The highest BCUT2D eigenvalue weighted by atomic mass is 28.4. The zero-order chi connectivity index (χ0) is 18.2. The van der Waals surface area contributed by atoms with Gasteiger partial charge in [-0.15, -0.1) is 0 Å². The van der Waals surface area contributed by atoms with Crippen LogP contribution < -0.4 is 0 Å². The molecule has 1 rings (SSSR count). The standard InChI is InChI=1S/C17H30F3NSi2/c1-21(2)12-14-10-9-13(11-15(14)17(18,19)20)16(22(3,4)5)23(6,7)8/h9-11,16H,12H2,1-8H3. The lowest BCUT2D eigenvalue weighted by Crippen LogP contribution is -2.46. The van der Waals surface area contributed by atoms with Gasteiger partial charge in [0.05, 0.1) is 5.56 Å². The van der Waals surface area contributed by atoms with Crippen LogP contribution in [-0.2, 0) is 12.7 Å². The Morgan fingerprint density at radius 3 is 1.78 bits per heavy atom. The van der Waals surface area contributed by atoms with Gasteiger partial charge in [-0.1, -0.05) is 51.4 Å². The average molecular weight is 362 g/mol. The Kier molecular flexibility index (Phi) is 5.98. The summed E-state index contributed by atoms with van der Waals surface area (Å²) in [7, 11) is 0.365. The lowest BCUT2D eigenvalue weighted by Gasteiger charge is -2.39. The first-order valence-electron chi connectivity index (χ1n) is 7.99. The summed E-state index contributed by atoms with van der Waals surface area (Å²) in [6.07, 6.45) is -4.30. The molecule has 0 unspecified atom stereocenters. The summed E-state index contributed by atoms with van der Waals surface area (Å²) in [6, 6.07) is 5.06. The maximum atomic E-state index is 13.5. The fourth-order valence-corrected chi connectivity index (χ4v) is 16.6. The van der Waals surface area contributed by atoms with Gasteiger partial charge in [0, 0.05) is 22.7 Å². The maximum absolute atomic E-state index is 13.5. The van der Waals surface area contributed by atoms with E-state index in [2.05, 4.69) is 39.3 Å². The zero-order valence-corrected chi connectivity index (χ0v) is 17.6. The van der Waals surface area contributed by atoms with Gasteiger partial charge in [0.25, 0.3) is 0 Å².